The number of rotatable bonds is 5. The molecule has 0 unspecified atom stereocenters. The number of amides is 1. The standard InChI is InChI=1S/C24H27ClFN5O/c1-14-10-15(2)12-18(11-14)23(32)29-24(28-19-6-7-22(26)21(25)13-19)27-9-8-20-16(3)30-31(5)17(20)4/h6-7,10-13H,8-9H2,1-5H3,(H2,27,28,29,32). The normalized spacial score (nSPS) is 11.5. The van der Waals surface area contributed by atoms with E-state index in [1.165, 1.54) is 18.2 Å². The second-order valence-electron chi connectivity index (χ2n) is 7.84. The van der Waals surface area contributed by atoms with E-state index in [9.17, 15) is 9.18 Å². The fraction of sp³-hybridized carbons (Fsp3) is 0.292. The highest BCUT2D eigenvalue weighted by Crippen LogP contribution is 2.19. The Kier molecular flexibility index (Phi) is 7.30. The van der Waals surface area contributed by atoms with Crippen molar-refractivity contribution in [2.45, 2.75) is 34.1 Å². The van der Waals surface area contributed by atoms with Crippen LogP contribution in [0.25, 0.3) is 0 Å². The van der Waals surface area contributed by atoms with Gasteiger partial charge in [-0.2, -0.15) is 5.10 Å². The summed E-state index contributed by atoms with van der Waals surface area (Å²) in [6.07, 6.45) is 0.667. The van der Waals surface area contributed by atoms with Crippen molar-refractivity contribution in [2.75, 3.05) is 11.9 Å². The highest BCUT2D eigenvalue weighted by Gasteiger charge is 2.13. The third kappa shape index (κ3) is 5.73. The molecule has 32 heavy (non-hydrogen) atoms. The minimum atomic E-state index is -0.516. The lowest BCUT2D eigenvalue weighted by Crippen LogP contribution is -2.36. The molecule has 1 amide bonds. The van der Waals surface area contributed by atoms with Crippen molar-refractivity contribution in [1.29, 1.82) is 0 Å². The summed E-state index contributed by atoms with van der Waals surface area (Å²) in [5, 5.41) is 10.3. The van der Waals surface area contributed by atoms with Crippen molar-refractivity contribution in [1.82, 2.24) is 15.1 Å². The molecule has 6 nitrogen and oxygen atoms in total. The van der Waals surface area contributed by atoms with Crippen molar-refractivity contribution in [3.63, 3.8) is 0 Å². The predicted molar refractivity (Wildman–Crippen MR) is 127 cm³/mol. The lowest BCUT2D eigenvalue weighted by Gasteiger charge is -2.13. The Morgan fingerprint density at radius 3 is 2.41 bits per heavy atom. The van der Waals surface area contributed by atoms with E-state index in [2.05, 4.69) is 20.7 Å². The van der Waals surface area contributed by atoms with Gasteiger partial charge in [0.25, 0.3) is 5.91 Å². The van der Waals surface area contributed by atoms with Crippen LogP contribution in [-0.4, -0.2) is 28.2 Å². The SMILES string of the molecule is Cc1cc(C)cc(C(=O)NC(=NCCc2c(C)nn(C)c2C)Nc2ccc(F)c(Cl)c2)c1. The number of benzene rings is 2. The first-order valence-electron chi connectivity index (χ1n) is 10.3. The molecule has 0 aliphatic heterocycles. The zero-order chi connectivity index (χ0) is 23.4. The predicted octanol–water partition coefficient (Wildman–Crippen LogP) is 4.89. The number of carbonyl (C=O) groups excluding carboxylic acids is 1. The third-order valence-corrected chi connectivity index (χ3v) is 5.48. The summed E-state index contributed by atoms with van der Waals surface area (Å²) in [7, 11) is 1.91. The van der Waals surface area contributed by atoms with Crippen molar-refractivity contribution >= 4 is 29.2 Å². The smallest absolute Gasteiger partial charge is 0.257 e. The van der Waals surface area contributed by atoms with E-state index in [1.54, 1.807) is 0 Å². The molecule has 2 aromatic carbocycles. The van der Waals surface area contributed by atoms with Crippen LogP contribution < -0.4 is 10.6 Å². The van der Waals surface area contributed by atoms with Crippen LogP contribution in [0.5, 0.6) is 0 Å². The minimum Gasteiger partial charge on any atom is -0.326 e. The molecular formula is C24H27ClFN5O. The van der Waals surface area contributed by atoms with Gasteiger partial charge in [-0.3, -0.25) is 19.8 Å². The molecule has 0 saturated heterocycles. The van der Waals surface area contributed by atoms with Crippen LogP contribution >= 0.6 is 11.6 Å². The number of aromatic nitrogens is 2. The molecule has 2 N–H and O–H groups in total. The van der Waals surface area contributed by atoms with Gasteiger partial charge in [0.1, 0.15) is 5.82 Å². The largest absolute Gasteiger partial charge is 0.326 e. The van der Waals surface area contributed by atoms with Crippen LogP contribution in [0.1, 0.15) is 38.4 Å². The molecule has 0 aliphatic rings. The summed E-state index contributed by atoms with van der Waals surface area (Å²) >= 11 is 5.90. The molecule has 8 heteroatoms. The highest BCUT2D eigenvalue weighted by molar-refractivity contribution is 6.31. The third-order valence-electron chi connectivity index (χ3n) is 5.19. The van der Waals surface area contributed by atoms with E-state index < -0.39 is 5.82 Å². The zero-order valence-electron chi connectivity index (χ0n) is 18.9. The summed E-state index contributed by atoms with van der Waals surface area (Å²) in [6, 6.07) is 9.88. The maximum atomic E-state index is 13.5. The van der Waals surface area contributed by atoms with Crippen LogP contribution in [0.4, 0.5) is 10.1 Å². The summed E-state index contributed by atoms with van der Waals surface area (Å²) < 4.78 is 15.4. The van der Waals surface area contributed by atoms with Crippen LogP contribution in [-0.2, 0) is 13.5 Å². The van der Waals surface area contributed by atoms with Gasteiger partial charge < -0.3 is 5.32 Å². The fourth-order valence-electron chi connectivity index (χ4n) is 3.57. The molecule has 0 radical (unpaired) electrons. The van der Waals surface area contributed by atoms with Gasteiger partial charge in [0, 0.05) is 30.5 Å². The average molecular weight is 456 g/mol. The first kappa shape index (κ1) is 23.5. The summed E-state index contributed by atoms with van der Waals surface area (Å²) in [4.78, 5) is 17.5. The molecule has 0 bridgehead atoms. The van der Waals surface area contributed by atoms with E-state index in [-0.39, 0.29) is 16.9 Å². The maximum Gasteiger partial charge on any atom is 0.257 e. The Morgan fingerprint density at radius 1 is 1.12 bits per heavy atom. The number of guanidine groups is 1. The van der Waals surface area contributed by atoms with Crippen molar-refractivity contribution in [2.24, 2.45) is 12.0 Å². The van der Waals surface area contributed by atoms with Gasteiger partial charge in [0.15, 0.2) is 0 Å². The number of nitrogens with one attached hydrogen (secondary N) is 2. The van der Waals surface area contributed by atoms with E-state index in [1.807, 2.05) is 57.6 Å². The van der Waals surface area contributed by atoms with Gasteiger partial charge in [-0.05, 0) is 70.0 Å². The summed E-state index contributed by atoms with van der Waals surface area (Å²) in [5.41, 5.74) is 6.21. The molecular weight excluding hydrogens is 429 g/mol. The minimum absolute atomic E-state index is 0.0170. The zero-order valence-corrected chi connectivity index (χ0v) is 19.6. The van der Waals surface area contributed by atoms with Gasteiger partial charge in [-0.15, -0.1) is 0 Å². The molecule has 0 atom stereocenters. The van der Waals surface area contributed by atoms with Gasteiger partial charge in [-0.25, -0.2) is 4.39 Å². The van der Waals surface area contributed by atoms with Gasteiger partial charge in [0.2, 0.25) is 5.96 Å². The van der Waals surface area contributed by atoms with Crippen molar-refractivity contribution in [3.05, 3.63) is 80.9 Å². The van der Waals surface area contributed by atoms with Crippen molar-refractivity contribution < 1.29 is 9.18 Å². The number of halogens is 2. The number of hydrogen-bond donors (Lipinski definition) is 2. The molecule has 0 fully saturated rings. The highest BCUT2D eigenvalue weighted by atomic mass is 35.5. The molecule has 0 aliphatic carbocycles. The Labute approximate surface area is 192 Å². The molecule has 0 spiro atoms. The Hall–Kier alpha value is -3.19. The first-order chi connectivity index (χ1) is 15.1. The van der Waals surface area contributed by atoms with Gasteiger partial charge in [0.05, 0.1) is 10.7 Å². The maximum absolute atomic E-state index is 13.5. The number of nitrogens with zero attached hydrogens (tertiary/aromatic N) is 3. The molecule has 3 rings (SSSR count). The average Bonchev–Trinajstić information content (AvgIpc) is 2.95. The Balaban J connectivity index is 1.83. The van der Waals surface area contributed by atoms with Crippen LogP contribution in [0.3, 0.4) is 0 Å². The quantitative estimate of drug-likeness (QED) is 0.425. The van der Waals surface area contributed by atoms with Gasteiger partial charge >= 0.3 is 0 Å². The molecule has 168 valence electrons. The topological polar surface area (TPSA) is 71.3 Å². The summed E-state index contributed by atoms with van der Waals surface area (Å²) in [5.74, 6) is -0.543. The first-order valence-corrected chi connectivity index (χ1v) is 10.7. The monoisotopic (exact) mass is 455 g/mol. The van der Waals surface area contributed by atoms with E-state index >= 15 is 0 Å². The molecule has 3 aromatic rings. The van der Waals surface area contributed by atoms with Crippen LogP contribution in [0.2, 0.25) is 5.02 Å². The summed E-state index contributed by atoms with van der Waals surface area (Å²) in [6.45, 7) is 8.29. The lowest BCUT2D eigenvalue weighted by molar-refractivity contribution is 0.0976. The second kappa shape index (κ2) is 9.96. The second-order valence-corrected chi connectivity index (χ2v) is 8.24. The number of aryl methyl sites for hydroxylation is 4. The lowest BCUT2D eigenvalue weighted by atomic mass is 10.1. The Bertz CT molecular complexity index is 1170. The van der Waals surface area contributed by atoms with Crippen LogP contribution in [0.15, 0.2) is 41.4 Å². The number of anilines is 1. The number of aliphatic imine (C=N–C) groups is 1. The number of hydrogen-bond acceptors (Lipinski definition) is 3. The fourth-order valence-corrected chi connectivity index (χ4v) is 3.75. The Morgan fingerprint density at radius 2 is 1.81 bits per heavy atom. The van der Waals surface area contributed by atoms with E-state index in [0.717, 1.165) is 28.1 Å². The van der Waals surface area contributed by atoms with Crippen molar-refractivity contribution in [3.8, 4) is 0 Å². The molecule has 0 saturated carbocycles. The van der Waals surface area contributed by atoms with Gasteiger partial charge in [-0.1, -0.05) is 28.8 Å². The van der Waals surface area contributed by atoms with E-state index in [4.69, 9.17) is 11.6 Å². The molecule has 1 heterocycles. The molecule has 1 aromatic heterocycles. The number of carbonyl (C=O) groups is 1. The van der Waals surface area contributed by atoms with Crippen LogP contribution in [0, 0.1) is 33.5 Å². The van der Waals surface area contributed by atoms with E-state index in [0.29, 0.717) is 24.2 Å².